The Hall–Kier alpha value is -2.68. The number of aromatic nitrogens is 1. The van der Waals surface area contributed by atoms with E-state index < -0.39 is 5.97 Å². The Labute approximate surface area is 192 Å². The molecule has 2 heterocycles. The molecule has 1 aliphatic heterocycles. The first-order valence-corrected chi connectivity index (χ1v) is 11.1. The Morgan fingerprint density at radius 3 is 2.31 bits per heavy atom. The standard InChI is InChI=1S/C23H29ClN4O4/c1-4-32-23(31)21-15(2)22(25-16(21)3)19(29)13-27-9-11-28(12-10-27)14-20(30)26-18-8-6-5-7-17(18)24/h5-8,25H,4,9-14H2,1-3H3,(H,26,30). The van der Waals surface area contributed by atoms with Crippen LogP contribution in [-0.2, 0) is 9.53 Å². The largest absolute Gasteiger partial charge is 0.462 e. The van der Waals surface area contributed by atoms with Gasteiger partial charge in [0, 0.05) is 31.9 Å². The Morgan fingerprint density at radius 1 is 1.06 bits per heavy atom. The lowest BCUT2D eigenvalue weighted by molar-refractivity contribution is -0.117. The van der Waals surface area contributed by atoms with Crippen LogP contribution >= 0.6 is 11.6 Å². The van der Waals surface area contributed by atoms with Gasteiger partial charge in [-0.1, -0.05) is 23.7 Å². The van der Waals surface area contributed by atoms with E-state index in [1.165, 1.54) is 0 Å². The predicted molar refractivity (Wildman–Crippen MR) is 124 cm³/mol. The number of hydrogen-bond donors (Lipinski definition) is 2. The maximum absolute atomic E-state index is 12.9. The molecule has 1 aromatic heterocycles. The van der Waals surface area contributed by atoms with Crippen molar-refractivity contribution in [2.45, 2.75) is 20.8 Å². The van der Waals surface area contributed by atoms with Gasteiger partial charge in [-0.25, -0.2) is 4.79 Å². The maximum Gasteiger partial charge on any atom is 0.340 e. The Kier molecular flexibility index (Phi) is 8.06. The summed E-state index contributed by atoms with van der Waals surface area (Å²) in [4.78, 5) is 44.5. The molecule has 0 unspecified atom stereocenters. The fourth-order valence-corrected chi connectivity index (χ4v) is 4.06. The molecule has 2 N–H and O–H groups in total. The van der Waals surface area contributed by atoms with E-state index in [1.54, 1.807) is 32.9 Å². The van der Waals surface area contributed by atoms with Gasteiger partial charge in [-0.3, -0.25) is 19.4 Å². The lowest BCUT2D eigenvalue weighted by atomic mass is 10.1. The van der Waals surface area contributed by atoms with Gasteiger partial charge in [0.25, 0.3) is 0 Å². The molecule has 1 aromatic carbocycles. The minimum Gasteiger partial charge on any atom is -0.462 e. The number of H-pyrrole nitrogens is 1. The van der Waals surface area contributed by atoms with Crippen molar-refractivity contribution < 1.29 is 19.1 Å². The number of piperazine rings is 1. The van der Waals surface area contributed by atoms with Crippen LogP contribution in [0.15, 0.2) is 24.3 Å². The molecule has 2 aromatic rings. The number of para-hydroxylation sites is 1. The first-order valence-electron chi connectivity index (χ1n) is 10.7. The number of anilines is 1. The van der Waals surface area contributed by atoms with E-state index in [9.17, 15) is 14.4 Å². The van der Waals surface area contributed by atoms with Crippen LogP contribution in [0.5, 0.6) is 0 Å². The van der Waals surface area contributed by atoms with E-state index in [4.69, 9.17) is 16.3 Å². The second kappa shape index (κ2) is 10.8. The SMILES string of the molecule is CCOC(=O)c1c(C)[nH]c(C(=O)CN2CCN(CC(=O)Nc3ccccc3Cl)CC2)c1C. The van der Waals surface area contributed by atoms with Crippen molar-refractivity contribution in [3.05, 3.63) is 51.8 Å². The number of ether oxygens (including phenoxy) is 1. The van der Waals surface area contributed by atoms with E-state index in [0.717, 1.165) is 0 Å². The van der Waals surface area contributed by atoms with Gasteiger partial charge in [0.1, 0.15) is 0 Å². The number of ketones is 1. The smallest absolute Gasteiger partial charge is 0.340 e. The van der Waals surface area contributed by atoms with Crippen molar-refractivity contribution >= 4 is 34.9 Å². The van der Waals surface area contributed by atoms with Gasteiger partial charge in [0.2, 0.25) is 5.91 Å². The Balaban J connectivity index is 1.50. The molecule has 8 nitrogen and oxygen atoms in total. The molecule has 1 saturated heterocycles. The molecule has 1 fully saturated rings. The summed E-state index contributed by atoms with van der Waals surface area (Å²) in [6.07, 6.45) is 0. The van der Waals surface area contributed by atoms with Gasteiger partial charge in [-0.15, -0.1) is 0 Å². The van der Waals surface area contributed by atoms with Crippen molar-refractivity contribution in [2.24, 2.45) is 0 Å². The number of carbonyl (C=O) groups is 3. The lowest BCUT2D eigenvalue weighted by Gasteiger charge is -2.33. The van der Waals surface area contributed by atoms with Gasteiger partial charge in [-0.2, -0.15) is 0 Å². The zero-order chi connectivity index (χ0) is 23.3. The average molecular weight is 461 g/mol. The molecule has 1 amide bonds. The van der Waals surface area contributed by atoms with Crippen LogP contribution in [0.4, 0.5) is 5.69 Å². The molecule has 0 radical (unpaired) electrons. The van der Waals surface area contributed by atoms with Crippen molar-refractivity contribution in [3.63, 3.8) is 0 Å². The lowest BCUT2D eigenvalue weighted by Crippen LogP contribution is -2.49. The summed E-state index contributed by atoms with van der Waals surface area (Å²) >= 11 is 6.09. The van der Waals surface area contributed by atoms with Crippen LogP contribution in [0, 0.1) is 13.8 Å². The Bertz CT molecular complexity index is 996. The van der Waals surface area contributed by atoms with Crippen molar-refractivity contribution in [1.82, 2.24) is 14.8 Å². The highest BCUT2D eigenvalue weighted by Crippen LogP contribution is 2.21. The highest BCUT2D eigenvalue weighted by atomic mass is 35.5. The summed E-state index contributed by atoms with van der Waals surface area (Å²) in [6.45, 7) is 8.80. The molecule has 3 rings (SSSR count). The second-order valence-electron chi connectivity index (χ2n) is 7.85. The number of nitrogens with zero attached hydrogens (tertiary/aromatic N) is 2. The van der Waals surface area contributed by atoms with Crippen LogP contribution in [0.1, 0.15) is 39.0 Å². The van der Waals surface area contributed by atoms with E-state index in [1.807, 2.05) is 12.1 Å². The normalized spacial score (nSPS) is 14.9. The quantitative estimate of drug-likeness (QED) is 0.464. The highest BCUT2D eigenvalue weighted by Gasteiger charge is 2.26. The molecule has 1 aliphatic rings. The summed E-state index contributed by atoms with van der Waals surface area (Å²) in [5.74, 6) is -0.598. The number of rotatable bonds is 8. The summed E-state index contributed by atoms with van der Waals surface area (Å²) in [7, 11) is 0. The third kappa shape index (κ3) is 5.76. The predicted octanol–water partition coefficient (Wildman–Crippen LogP) is 2.90. The van der Waals surface area contributed by atoms with Crippen LogP contribution in [0.3, 0.4) is 0 Å². The zero-order valence-corrected chi connectivity index (χ0v) is 19.4. The number of carbonyl (C=O) groups excluding carboxylic acids is 3. The van der Waals surface area contributed by atoms with E-state index in [2.05, 4.69) is 20.1 Å². The van der Waals surface area contributed by atoms with Gasteiger partial charge < -0.3 is 15.0 Å². The number of esters is 1. The van der Waals surface area contributed by atoms with E-state index >= 15 is 0 Å². The number of halogens is 1. The number of aromatic amines is 1. The molecule has 0 bridgehead atoms. The fraction of sp³-hybridized carbons (Fsp3) is 0.435. The summed E-state index contributed by atoms with van der Waals surface area (Å²) in [5, 5.41) is 3.34. The summed E-state index contributed by atoms with van der Waals surface area (Å²) in [5.41, 5.74) is 2.75. The van der Waals surface area contributed by atoms with Gasteiger partial charge in [0.05, 0.1) is 41.7 Å². The van der Waals surface area contributed by atoms with E-state index in [-0.39, 0.29) is 31.4 Å². The average Bonchev–Trinajstić information content (AvgIpc) is 3.05. The van der Waals surface area contributed by atoms with Gasteiger partial charge in [-0.05, 0) is 38.5 Å². The highest BCUT2D eigenvalue weighted by molar-refractivity contribution is 6.33. The number of Topliss-reactive ketones (excluding diaryl/α,β-unsaturated/α-hetero) is 1. The molecule has 32 heavy (non-hydrogen) atoms. The molecule has 0 saturated carbocycles. The third-order valence-corrected chi connectivity index (χ3v) is 5.87. The summed E-state index contributed by atoms with van der Waals surface area (Å²) < 4.78 is 5.09. The molecule has 172 valence electrons. The second-order valence-corrected chi connectivity index (χ2v) is 8.26. The van der Waals surface area contributed by atoms with Crippen LogP contribution < -0.4 is 5.32 Å². The molecular formula is C23H29ClN4O4. The zero-order valence-electron chi connectivity index (χ0n) is 18.7. The molecule has 9 heteroatoms. The number of benzene rings is 1. The van der Waals surface area contributed by atoms with Crippen LogP contribution in [0.25, 0.3) is 0 Å². The maximum atomic E-state index is 12.9. The van der Waals surface area contributed by atoms with Crippen molar-refractivity contribution in [2.75, 3.05) is 51.2 Å². The first-order chi connectivity index (χ1) is 15.3. The van der Waals surface area contributed by atoms with Crippen molar-refractivity contribution in [1.29, 1.82) is 0 Å². The molecule has 0 atom stereocenters. The van der Waals surface area contributed by atoms with E-state index in [0.29, 0.717) is 59.4 Å². The number of nitrogens with one attached hydrogen (secondary N) is 2. The van der Waals surface area contributed by atoms with Gasteiger partial charge >= 0.3 is 5.97 Å². The number of amides is 1. The number of aryl methyl sites for hydroxylation is 1. The first kappa shape index (κ1) is 24.0. The van der Waals surface area contributed by atoms with Crippen LogP contribution in [0.2, 0.25) is 5.02 Å². The fourth-order valence-electron chi connectivity index (χ4n) is 3.88. The van der Waals surface area contributed by atoms with Gasteiger partial charge in [0.15, 0.2) is 5.78 Å². The molecular weight excluding hydrogens is 432 g/mol. The Morgan fingerprint density at radius 2 is 1.69 bits per heavy atom. The minimum atomic E-state index is -0.415. The monoisotopic (exact) mass is 460 g/mol. The summed E-state index contributed by atoms with van der Waals surface area (Å²) in [6, 6.07) is 7.13. The van der Waals surface area contributed by atoms with Crippen molar-refractivity contribution in [3.8, 4) is 0 Å². The van der Waals surface area contributed by atoms with Crippen LogP contribution in [-0.4, -0.2) is 78.3 Å². The molecule has 0 aliphatic carbocycles. The minimum absolute atomic E-state index is 0.0638. The molecule has 0 spiro atoms. The number of hydrogen-bond acceptors (Lipinski definition) is 6. The topological polar surface area (TPSA) is 94.7 Å². The third-order valence-electron chi connectivity index (χ3n) is 5.54.